The molecule has 0 aliphatic carbocycles. The number of amides is 4. The summed E-state index contributed by atoms with van der Waals surface area (Å²) in [6.45, 7) is 2.92. The van der Waals surface area contributed by atoms with Crippen LogP contribution in [0.1, 0.15) is 25.3 Å². The van der Waals surface area contributed by atoms with Gasteiger partial charge in [0.1, 0.15) is 11.3 Å². The van der Waals surface area contributed by atoms with Crippen LogP contribution in [-0.4, -0.2) is 48.5 Å². The molecule has 0 saturated carbocycles. The second-order valence-corrected chi connectivity index (χ2v) is 6.75. The molecule has 2 saturated heterocycles. The van der Waals surface area contributed by atoms with E-state index in [4.69, 9.17) is 4.74 Å². The maximum Gasteiger partial charge on any atom is 0.322 e. The second-order valence-electron chi connectivity index (χ2n) is 6.75. The van der Waals surface area contributed by atoms with E-state index >= 15 is 0 Å². The third kappa shape index (κ3) is 3.31. The van der Waals surface area contributed by atoms with Gasteiger partial charge in [-0.15, -0.1) is 0 Å². The number of piperidine rings is 1. The first-order chi connectivity index (χ1) is 11.9. The van der Waals surface area contributed by atoms with Crippen LogP contribution < -0.4 is 15.4 Å². The van der Waals surface area contributed by atoms with Gasteiger partial charge < -0.3 is 15.0 Å². The van der Waals surface area contributed by atoms with Gasteiger partial charge in [0, 0.05) is 18.7 Å². The van der Waals surface area contributed by atoms with Gasteiger partial charge in [-0.25, -0.2) is 4.79 Å². The summed E-state index contributed by atoms with van der Waals surface area (Å²) in [6, 6.07) is 7.06. The molecule has 1 aromatic carbocycles. The Kier molecular flexibility index (Phi) is 4.65. The van der Waals surface area contributed by atoms with Gasteiger partial charge in [0.15, 0.2) is 0 Å². The normalized spacial score (nSPS) is 24.0. The van der Waals surface area contributed by atoms with Crippen molar-refractivity contribution < 1.29 is 19.1 Å². The monoisotopic (exact) mass is 345 g/mol. The summed E-state index contributed by atoms with van der Waals surface area (Å²) in [7, 11) is 1.59. The van der Waals surface area contributed by atoms with Crippen LogP contribution in [0.3, 0.4) is 0 Å². The van der Waals surface area contributed by atoms with Gasteiger partial charge in [-0.05, 0) is 31.7 Å². The third-order valence-corrected chi connectivity index (χ3v) is 5.27. The summed E-state index contributed by atoms with van der Waals surface area (Å²) in [5, 5.41) is 5.03. The average Bonchev–Trinajstić information content (AvgIpc) is 2.88. The zero-order chi connectivity index (χ0) is 18.0. The molecule has 1 atom stereocenters. The van der Waals surface area contributed by atoms with Gasteiger partial charge in [-0.2, -0.15) is 0 Å². The first-order valence-electron chi connectivity index (χ1n) is 8.47. The van der Waals surface area contributed by atoms with Crippen molar-refractivity contribution in [1.29, 1.82) is 0 Å². The number of carbonyl (C=O) groups is 3. The Labute approximate surface area is 146 Å². The van der Waals surface area contributed by atoms with Crippen molar-refractivity contribution in [3.05, 3.63) is 29.8 Å². The minimum absolute atomic E-state index is 0.0225. The maximum absolute atomic E-state index is 12.6. The van der Waals surface area contributed by atoms with Crippen molar-refractivity contribution in [2.24, 2.45) is 5.92 Å². The highest BCUT2D eigenvalue weighted by molar-refractivity contribution is 6.07. The smallest absolute Gasteiger partial charge is 0.322 e. The molecule has 7 heteroatoms. The predicted molar refractivity (Wildman–Crippen MR) is 91.1 cm³/mol. The standard InChI is InChI=1S/C18H23N3O4/c1-18(16(23)19-17(24)20-18)13-7-9-21(10-8-13)15(22)11-12-5-3-4-6-14(12)25-2/h3-6,13H,7-11H2,1-2H3,(H2,19,20,23,24). The number of hydrogen-bond donors (Lipinski definition) is 2. The minimum atomic E-state index is -0.880. The highest BCUT2D eigenvalue weighted by Crippen LogP contribution is 2.31. The van der Waals surface area contributed by atoms with Crippen LogP contribution >= 0.6 is 0 Å². The molecular formula is C18H23N3O4. The zero-order valence-corrected chi connectivity index (χ0v) is 14.5. The number of carbonyl (C=O) groups excluding carboxylic acids is 3. The van der Waals surface area contributed by atoms with E-state index < -0.39 is 11.6 Å². The Balaban J connectivity index is 1.60. The Bertz CT molecular complexity index is 697. The van der Waals surface area contributed by atoms with E-state index in [-0.39, 0.29) is 17.7 Å². The maximum atomic E-state index is 12.6. The Hall–Kier alpha value is -2.57. The molecule has 25 heavy (non-hydrogen) atoms. The lowest BCUT2D eigenvalue weighted by Crippen LogP contribution is -2.54. The fraction of sp³-hybridized carbons (Fsp3) is 0.500. The Morgan fingerprint density at radius 3 is 2.56 bits per heavy atom. The zero-order valence-electron chi connectivity index (χ0n) is 14.5. The lowest BCUT2D eigenvalue weighted by molar-refractivity contribution is -0.133. The van der Waals surface area contributed by atoms with E-state index in [1.807, 2.05) is 29.2 Å². The van der Waals surface area contributed by atoms with Crippen LogP contribution in [0.5, 0.6) is 5.75 Å². The lowest BCUT2D eigenvalue weighted by atomic mass is 9.79. The lowest BCUT2D eigenvalue weighted by Gasteiger charge is -2.38. The van der Waals surface area contributed by atoms with Crippen molar-refractivity contribution in [2.75, 3.05) is 20.2 Å². The van der Waals surface area contributed by atoms with E-state index in [1.165, 1.54) is 0 Å². The fourth-order valence-corrected chi connectivity index (χ4v) is 3.67. The number of likely N-dealkylation sites (tertiary alicyclic amines) is 1. The molecule has 0 aromatic heterocycles. The minimum Gasteiger partial charge on any atom is -0.496 e. The predicted octanol–water partition coefficient (Wildman–Crippen LogP) is 1.07. The number of ether oxygens (including phenoxy) is 1. The molecule has 4 amide bonds. The molecule has 0 radical (unpaired) electrons. The first kappa shape index (κ1) is 17.3. The van der Waals surface area contributed by atoms with Crippen LogP contribution in [0, 0.1) is 5.92 Å². The van der Waals surface area contributed by atoms with Crippen LogP contribution in [0.2, 0.25) is 0 Å². The molecule has 0 spiro atoms. The van der Waals surface area contributed by atoms with Crippen molar-refractivity contribution in [3.8, 4) is 5.75 Å². The fourth-order valence-electron chi connectivity index (χ4n) is 3.67. The van der Waals surface area contributed by atoms with Crippen molar-refractivity contribution in [2.45, 2.75) is 31.7 Å². The summed E-state index contributed by atoms with van der Waals surface area (Å²) in [4.78, 5) is 37.9. The number of para-hydroxylation sites is 1. The molecule has 7 nitrogen and oxygen atoms in total. The Morgan fingerprint density at radius 1 is 1.28 bits per heavy atom. The molecule has 1 aromatic rings. The summed E-state index contributed by atoms with van der Waals surface area (Å²) >= 11 is 0. The number of benzene rings is 1. The SMILES string of the molecule is COc1ccccc1CC(=O)N1CCC(C2(C)NC(=O)NC2=O)CC1. The summed E-state index contributed by atoms with van der Waals surface area (Å²) in [5.74, 6) is 0.502. The van der Waals surface area contributed by atoms with Gasteiger partial charge in [-0.1, -0.05) is 18.2 Å². The number of imide groups is 1. The van der Waals surface area contributed by atoms with Crippen LogP contribution in [-0.2, 0) is 16.0 Å². The van der Waals surface area contributed by atoms with E-state index in [9.17, 15) is 14.4 Å². The Morgan fingerprint density at radius 2 is 1.96 bits per heavy atom. The van der Waals surface area contributed by atoms with Gasteiger partial charge in [0.25, 0.3) is 5.91 Å². The van der Waals surface area contributed by atoms with E-state index in [1.54, 1.807) is 14.0 Å². The highest BCUT2D eigenvalue weighted by Gasteiger charge is 2.48. The molecule has 2 aliphatic rings. The van der Waals surface area contributed by atoms with E-state index in [2.05, 4.69) is 10.6 Å². The molecule has 1 unspecified atom stereocenters. The highest BCUT2D eigenvalue weighted by atomic mass is 16.5. The summed E-state index contributed by atoms with van der Waals surface area (Å²) in [6.07, 6.45) is 1.66. The number of nitrogens with one attached hydrogen (secondary N) is 2. The van der Waals surface area contributed by atoms with E-state index in [0.717, 1.165) is 5.56 Å². The average molecular weight is 345 g/mol. The summed E-state index contributed by atoms with van der Waals surface area (Å²) in [5.41, 5.74) is -0.0129. The molecule has 2 aliphatic heterocycles. The third-order valence-electron chi connectivity index (χ3n) is 5.27. The van der Waals surface area contributed by atoms with Gasteiger partial charge in [0.2, 0.25) is 5.91 Å². The van der Waals surface area contributed by atoms with Gasteiger partial charge >= 0.3 is 6.03 Å². The topological polar surface area (TPSA) is 87.7 Å². The quantitative estimate of drug-likeness (QED) is 0.799. The largest absolute Gasteiger partial charge is 0.496 e. The van der Waals surface area contributed by atoms with Crippen LogP contribution in [0.4, 0.5) is 4.79 Å². The van der Waals surface area contributed by atoms with E-state index in [0.29, 0.717) is 38.1 Å². The van der Waals surface area contributed by atoms with Gasteiger partial charge in [0.05, 0.1) is 13.5 Å². The number of nitrogens with zero attached hydrogens (tertiary/aromatic N) is 1. The second kappa shape index (κ2) is 6.74. The first-order valence-corrected chi connectivity index (χ1v) is 8.47. The van der Waals surface area contributed by atoms with Crippen molar-refractivity contribution in [1.82, 2.24) is 15.5 Å². The molecule has 2 N–H and O–H groups in total. The van der Waals surface area contributed by atoms with Crippen molar-refractivity contribution >= 4 is 17.8 Å². The molecular weight excluding hydrogens is 322 g/mol. The number of hydrogen-bond acceptors (Lipinski definition) is 4. The molecule has 3 rings (SSSR count). The van der Waals surface area contributed by atoms with Gasteiger partial charge in [-0.3, -0.25) is 14.9 Å². The molecule has 2 heterocycles. The van der Waals surface area contributed by atoms with Crippen LogP contribution in [0.15, 0.2) is 24.3 Å². The molecule has 2 fully saturated rings. The molecule has 0 bridgehead atoms. The van der Waals surface area contributed by atoms with Crippen LogP contribution in [0.25, 0.3) is 0 Å². The number of urea groups is 1. The molecule has 134 valence electrons. The number of methoxy groups -OCH3 is 1. The summed E-state index contributed by atoms with van der Waals surface area (Å²) < 4.78 is 5.30. The van der Waals surface area contributed by atoms with Crippen molar-refractivity contribution in [3.63, 3.8) is 0 Å². The number of rotatable bonds is 4.